The molecule has 0 amide bonds. The Balaban J connectivity index is 2.64. The Bertz CT molecular complexity index is 231. The first-order valence-electron chi connectivity index (χ1n) is 7.80. The lowest BCUT2D eigenvalue weighted by molar-refractivity contribution is 0.0690. The SMILES string of the molecule is CCCC(CS)(CCC)CN1CCCC(C)(C)C1. The maximum atomic E-state index is 4.69. The zero-order chi connectivity index (χ0) is 13.6. The quantitative estimate of drug-likeness (QED) is 0.661. The Morgan fingerprint density at radius 1 is 1.17 bits per heavy atom. The molecule has 0 aliphatic carbocycles. The Morgan fingerprint density at radius 3 is 2.22 bits per heavy atom. The summed E-state index contributed by atoms with van der Waals surface area (Å²) in [6.07, 6.45) is 8.00. The molecule has 0 aromatic heterocycles. The molecule has 0 bridgehead atoms. The topological polar surface area (TPSA) is 3.24 Å². The van der Waals surface area contributed by atoms with E-state index in [4.69, 9.17) is 0 Å². The van der Waals surface area contributed by atoms with Crippen molar-refractivity contribution in [2.24, 2.45) is 10.8 Å². The highest BCUT2D eigenvalue weighted by Gasteiger charge is 2.33. The summed E-state index contributed by atoms with van der Waals surface area (Å²) in [5.41, 5.74) is 0.971. The Labute approximate surface area is 120 Å². The zero-order valence-electron chi connectivity index (χ0n) is 13.0. The lowest BCUT2D eigenvalue weighted by Gasteiger charge is -2.44. The smallest absolute Gasteiger partial charge is 0.00460 e. The predicted octanol–water partition coefficient (Wildman–Crippen LogP) is 4.62. The number of rotatable bonds is 7. The van der Waals surface area contributed by atoms with Crippen LogP contribution in [-0.2, 0) is 0 Å². The van der Waals surface area contributed by atoms with Gasteiger partial charge >= 0.3 is 0 Å². The van der Waals surface area contributed by atoms with Crippen LogP contribution in [0.15, 0.2) is 0 Å². The third-order valence-electron chi connectivity index (χ3n) is 4.43. The van der Waals surface area contributed by atoms with Crippen molar-refractivity contribution >= 4 is 12.6 Å². The number of thiol groups is 1. The van der Waals surface area contributed by atoms with Gasteiger partial charge in [-0.1, -0.05) is 40.5 Å². The zero-order valence-corrected chi connectivity index (χ0v) is 13.9. The summed E-state index contributed by atoms with van der Waals surface area (Å²) in [6.45, 7) is 13.3. The number of hydrogen-bond donors (Lipinski definition) is 1. The molecule has 1 fully saturated rings. The van der Waals surface area contributed by atoms with E-state index in [0.717, 1.165) is 5.75 Å². The van der Waals surface area contributed by atoms with Gasteiger partial charge in [0.15, 0.2) is 0 Å². The summed E-state index contributed by atoms with van der Waals surface area (Å²) in [5.74, 6) is 1.05. The molecule has 1 aliphatic heterocycles. The van der Waals surface area contributed by atoms with Crippen molar-refractivity contribution in [3.63, 3.8) is 0 Å². The van der Waals surface area contributed by atoms with Gasteiger partial charge in [-0.2, -0.15) is 12.6 Å². The molecule has 0 aromatic carbocycles. The third-order valence-corrected chi connectivity index (χ3v) is 5.11. The summed E-state index contributed by atoms with van der Waals surface area (Å²) < 4.78 is 0. The molecule has 0 aromatic rings. The maximum Gasteiger partial charge on any atom is 0.00460 e. The summed E-state index contributed by atoms with van der Waals surface area (Å²) >= 11 is 4.69. The van der Waals surface area contributed by atoms with Crippen molar-refractivity contribution in [2.75, 3.05) is 25.4 Å². The van der Waals surface area contributed by atoms with Crippen LogP contribution in [-0.4, -0.2) is 30.3 Å². The average molecular weight is 272 g/mol. The second-order valence-corrected chi connectivity index (χ2v) is 7.45. The second kappa shape index (κ2) is 7.19. The van der Waals surface area contributed by atoms with Crippen molar-refractivity contribution in [3.05, 3.63) is 0 Å². The van der Waals surface area contributed by atoms with Crippen LogP contribution in [0, 0.1) is 10.8 Å². The highest BCUT2D eigenvalue weighted by atomic mass is 32.1. The van der Waals surface area contributed by atoms with Gasteiger partial charge in [0.1, 0.15) is 0 Å². The molecule has 1 aliphatic rings. The molecular formula is C16H33NS. The van der Waals surface area contributed by atoms with E-state index >= 15 is 0 Å². The van der Waals surface area contributed by atoms with E-state index in [2.05, 4.69) is 45.2 Å². The van der Waals surface area contributed by atoms with E-state index in [-0.39, 0.29) is 0 Å². The molecule has 0 atom stereocenters. The third kappa shape index (κ3) is 4.77. The molecule has 2 heteroatoms. The minimum Gasteiger partial charge on any atom is -0.302 e. The van der Waals surface area contributed by atoms with E-state index in [1.54, 1.807) is 0 Å². The van der Waals surface area contributed by atoms with Crippen LogP contribution < -0.4 is 0 Å². The van der Waals surface area contributed by atoms with Gasteiger partial charge in [0.2, 0.25) is 0 Å². The molecule has 0 N–H and O–H groups in total. The first kappa shape index (κ1) is 16.4. The number of nitrogens with zero attached hydrogens (tertiary/aromatic N) is 1. The maximum absolute atomic E-state index is 4.69. The lowest BCUT2D eigenvalue weighted by Crippen LogP contribution is -2.46. The fourth-order valence-corrected chi connectivity index (χ4v) is 4.12. The van der Waals surface area contributed by atoms with E-state index in [0.29, 0.717) is 10.8 Å². The van der Waals surface area contributed by atoms with E-state index in [1.165, 1.54) is 58.2 Å². The van der Waals surface area contributed by atoms with Crippen molar-refractivity contribution in [1.29, 1.82) is 0 Å². The van der Waals surface area contributed by atoms with Gasteiger partial charge in [-0.25, -0.2) is 0 Å². The number of hydrogen-bond acceptors (Lipinski definition) is 2. The van der Waals surface area contributed by atoms with Crippen LogP contribution >= 0.6 is 12.6 Å². The molecule has 0 radical (unpaired) electrons. The van der Waals surface area contributed by atoms with Crippen LogP contribution in [0.3, 0.4) is 0 Å². The average Bonchev–Trinajstić information content (AvgIpc) is 2.28. The highest BCUT2D eigenvalue weighted by molar-refractivity contribution is 7.80. The Morgan fingerprint density at radius 2 is 1.78 bits per heavy atom. The molecular weight excluding hydrogens is 238 g/mol. The lowest BCUT2D eigenvalue weighted by atomic mass is 9.78. The van der Waals surface area contributed by atoms with Gasteiger partial charge in [-0.15, -0.1) is 0 Å². The number of likely N-dealkylation sites (tertiary alicyclic amines) is 1. The van der Waals surface area contributed by atoms with Crippen molar-refractivity contribution in [2.45, 2.75) is 66.2 Å². The Hall–Kier alpha value is 0.310. The fourth-order valence-electron chi connectivity index (χ4n) is 3.71. The van der Waals surface area contributed by atoms with Crippen LogP contribution in [0.1, 0.15) is 66.2 Å². The monoisotopic (exact) mass is 271 g/mol. The fraction of sp³-hybridized carbons (Fsp3) is 1.00. The second-order valence-electron chi connectivity index (χ2n) is 7.14. The number of piperidine rings is 1. The van der Waals surface area contributed by atoms with Gasteiger partial charge in [-0.3, -0.25) is 0 Å². The molecule has 0 saturated carbocycles. The molecule has 1 rings (SSSR count). The standard InChI is InChI=1S/C16H33NS/c1-5-8-16(14-18,9-6-2)13-17-11-7-10-15(3,4)12-17/h18H,5-14H2,1-4H3. The normalized spacial score (nSPS) is 21.2. The molecule has 1 saturated heterocycles. The van der Waals surface area contributed by atoms with Crippen LogP contribution in [0.25, 0.3) is 0 Å². The molecule has 18 heavy (non-hydrogen) atoms. The van der Waals surface area contributed by atoms with Gasteiger partial charge in [0.25, 0.3) is 0 Å². The van der Waals surface area contributed by atoms with E-state index in [9.17, 15) is 0 Å². The van der Waals surface area contributed by atoms with Crippen LogP contribution in [0.4, 0.5) is 0 Å². The van der Waals surface area contributed by atoms with Crippen molar-refractivity contribution in [3.8, 4) is 0 Å². The summed E-state index contributed by atoms with van der Waals surface area (Å²) in [4.78, 5) is 2.71. The predicted molar refractivity (Wildman–Crippen MR) is 85.6 cm³/mol. The summed E-state index contributed by atoms with van der Waals surface area (Å²) in [6, 6.07) is 0. The van der Waals surface area contributed by atoms with Crippen LogP contribution in [0.2, 0.25) is 0 Å². The van der Waals surface area contributed by atoms with Gasteiger partial charge in [0, 0.05) is 13.1 Å². The minimum absolute atomic E-state index is 0.458. The van der Waals surface area contributed by atoms with Gasteiger partial charge in [-0.05, 0) is 48.8 Å². The molecule has 0 spiro atoms. The van der Waals surface area contributed by atoms with E-state index in [1.807, 2.05) is 0 Å². The first-order valence-corrected chi connectivity index (χ1v) is 8.43. The first-order chi connectivity index (χ1) is 8.47. The highest BCUT2D eigenvalue weighted by Crippen LogP contribution is 2.36. The molecule has 108 valence electrons. The summed E-state index contributed by atoms with van der Waals surface area (Å²) in [5, 5.41) is 0. The van der Waals surface area contributed by atoms with Crippen molar-refractivity contribution in [1.82, 2.24) is 4.90 Å². The van der Waals surface area contributed by atoms with Gasteiger partial charge in [0.05, 0.1) is 0 Å². The molecule has 0 unspecified atom stereocenters. The molecule has 1 heterocycles. The molecule has 1 nitrogen and oxygen atoms in total. The largest absolute Gasteiger partial charge is 0.302 e. The summed E-state index contributed by atoms with van der Waals surface area (Å²) in [7, 11) is 0. The Kier molecular flexibility index (Phi) is 6.54. The van der Waals surface area contributed by atoms with Crippen molar-refractivity contribution < 1.29 is 0 Å². The minimum atomic E-state index is 0.458. The van der Waals surface area contributed by atoms with Crippen LogP contribution in [0.5, 0.6) is 0 Å². The van der Waals surface area contributed by atoms with Gasteiger partial charge < -0.3 is 4.90 Å². The van der Waals surface area contributed by atoms with E-state index < -0.39 is 0 Å².